The monoisotopic (exact) mass is 285 g/mol. The van der Waals surface area contributed by atoms with Crippen molar-refractivity contribution in [2.75, 3.05) is 6.54 Å². The van der Waals surface area contributed by atoms with Gasteiger partial charge in [-0.25, -0.2) is 0 Å². The van der Waals surface area contributed by atoms with Crippen molar-refractivity contribution in [2.45, 2.75) is 39.3 Å². The van der Waals surface area contributed by atoms with Crippen LogP contribution in [0.4, 0.5) is 0 Å². The standard InChI is InChI=1S/C18H23NO2/c1-13-10-16(14(2)21-13)11-19-12-18(8-9-18)17(20)15-6-4-3-5-7-15/h3-7,10,17,19-20H,8-9,11-12H2,1-2H3. The van der Waals surface area contributed by atoms with E-state index in [0.29, 0.717) is 0 Å². The fourth-order valence-corrected chi connectivity index (χ4v) is 3.00. The fourth-order valence-electron chi connectivity index (χ4n) is 3.00. The summed E-state index contributed by atoms with van der Waals surface area (Å²) in [7, 11) is 0. The minimum atomic E-state index is -0.376. The van der Waals surface area contributed by atoms with E-state index in [4.69, 9.17) is 4.42 Å². The molecule has 2 aromatic rings. The molecule has 0 amide bonds. The third-order valence-electron chi connectivity index (χ3n) is 4.52. The summed E-state index contributed by atoms with van der Waals surface area (Å²) in [6.45, 7) is 5.60. The molecule has 0 radical (unpaired) electrons. The smallest absolute Gasteiger partial charge is 0.105 e. The predicted octanol–water partition coefficient (Wildman–Crippen LogP) is 3.50. The number of hydrogen-bond acceptors (Lipinski definition) is 3. The first-order chi connectivity index (χ1) is 10.1. The Morgan fingerprint density at radius 3 is 2.52 bits per heavy atom. The van der Waals surface area contributed by atoms with Gasteiger partial charge in [-0.3, -0.25) is 0 Å². The second-order valence-electron chi connectivity index (χ2n) is 6.22. The minimum Gasteiger partial charge on any atom is -0.466 e. The summed E-state index contributed by atoms with van der Waals surface area (Å²) < 4.78 is 5.54. The Labute approximate surface area is 126 Å². The molecule has 2 N–H and O–H groups in total. The van der Waals surface area contributed by atoms with Gasteiger partial charge in [0.05, 0.1) is 6.10 Å². The molecule has 0 spiro atoms. The number of benzene rings is 1. The van der Waals surface area contributed by atoms with E-state index in [-0.39, 0.29) is 11.5 Å². The van der Waals surface area contributed by atoms with E-state index >= 15 is 0 Å². The van der Waals surface area contributed by atoms with Gasteiger partial charge in [-0.1, -0.05) is 30.3 Å². The van der Waals surface area contributed by atoms with Crippen molar-refractivity contribution in [2.24, 2.45) is 5.41 Å². The number of aliphatic hydroxyl groups is 1. The summed E-state index contributed by atoms with van der Waals surface area (Å²) in [6.07, 6.45) is 1.79. The van der Waals surface area contributed by atoms with Gasteiger partial charge in [-0.2, -0.15) is 0 Å². The number of aliphatic hydroxyl groups excluding tert-OH is 1. The second kappa shape index (κ2) is 5.66. The molecule has 112 valence electrons. The highest BCUT2D eigenvalue weighted by Gasteiger charge is 2.48. The molecule has 0 bridgehead atoms. The van der Waals surface area contributed by atoms with Gasteiger partial charge in [0.1, 0.15) is 11.5 Å². The maximum atomic E-state index is 10.6. The Morgan fingerprint density at radius 1 is 1.24 bits per heavy atom. The van der Waals surface area contributed by atoms with E-state index in [2.05, 4.69) is 11.4 Å². The van der Waals surface area contributed by atoms with Crippen LogP contribution in [0.25, 0.3) is 0 Å². The van der Waals surface area contributed by atoms with Gasteiger partial charge in [0.25, 0.3) is 0 Å². The SMILES string of the molecule is Cc1cc(CNCC2(C(O)c3ccccc3)CC2)c(C)o1. The fraction of sp³-hybridized carbons (Fsp3) is 0.444. The van der Waals surface area contributed by atoms with Crippen molar-refractivity contribution >= 4 is 0 Å². The van der Waals surface area contributed by atoms with E-state index < -0.39 is 0 Å². The minimum absolute atomic E-state index is 0.00797. The van der Waals surface area contributed by atoms with Gasteiger partial charge in [0.15, 0.2) is 0 Å². The summed E-state index contributed by atoms with van der Waals surface area (Å²) in [5.41, 5.74) is 2.23. The van der Waals surface area contributed by atoms with Gasteiger partial charge in [-0.15, -0.1) is 0 Å². The van der Waals surface area contributed by atoms with Crippen LogP contribution < -0.4 is 5.32 Å². The average molecular weight is 285 g/mol. The molecule has 1 aromatic carbocycles. The van der Waals surface area contributed by atoms with Crippen LogP contribution in [0, 0.1) is 19.3 Å². The zero-order chi connectivity index (χ0) is 14.9. The lowest BCUT2D eigenvalue weighted by Gasteiger charge is -2.23. The molecular weight excluding hydrogens is 262 g/mol. The van der Waals surface area contributed by atoms with Crippen LogP contribution >= 0.6 is 0 Å². The molecule has 1 heterocycles. The summed E-state index contributed by atoms with van der Waals surface area (Å²) in [5, 5.41) is 14.1. The van der Waals surface area contributed by atoms with Crippen molar-refractivity contribution in [1.29, 1.82) is 0 Å². The molecule has 3 nitrogen and oxygen atoms in total. The molecular formula is C18H23NO2. The van der Waals surface area contributed by atoms with E-state index in [9.17, 15) is 5.11 Å². The molecule has 1 unspecified atom stereocenters. The van der Waals surface area contributed by atoms with Gasteiger partial charge < -0.3 is 14.8 Å². The Hall–Kier alpha value is -1.58. The van der Waals surface area contributed by atoms with E-state index in [1.807, 2.05) is 44.2 Å². The first-order valence-electron chi connectivity index (χ1n) is 7.60. The summed E-state index contributed by atoms with van der Waals surface area (Å²) >= 11 is 0. The maximum Gasteiger partial charge on any atom is 0.105 e. The number of aryl methyl sites for hydroxylation is 2. The summed E-state index contributed by atoms with van der Waals surface area (Å²) in [4.78, 5) is 0. The highest BCUT2D eigenvalue weighted by Crippen LogP contribution is 2.54. The zero-order valence-corrected chi connectivity index (χ0v) is 12.7. The number of rotatable bonds is 6. The third kappa shape index (κ3) is 3.04. The average Bonchev–Trinajstić information content (AvgIpc) is 3.20. The molecule has 1 aliphatic carbocycles. The zero-order valence-electron chi connectivity index (χ0n) is 12.7. The highest BCUT2D eigenvalue weighted by atomic mass is 16.3. The van der Waals surface area contributed by atoms with Gasteiger partial charge in [0, 0.05) is 24.1 Å². The summed E-state index contributed by atoms with van der Waals surface area (Å²) in [6, 6.07) is 12.1. The Morgan fingerprint density at radius 2 is 1.95 bits per heavy atom. The van der Waals surface area contributed by atoms with Crippen molar-refractivity contribution in [3.8, 4) is 0 Å². The van der Waals surface area contributed by atoms with Crippen LogP contribution in [0.1, 0.15) is 41.6 Å². The molecule has 1 atom stereocenters. The predicted molar refractivity (Wildman–Crippen MR) is 83.0 cm³/mol. The van der Waals surface area contributed by atoms with Crippen LogP contribution in [0.3, 0.4) is 0 Å². The van der Waals surface area contributed by atoms with Crippen LogP contribution in [0.2, 0.25) is 0 Å². The lowest BCUT2D eigenvalue weighted by atomic mass is 9.92. The topological polar surface area (TPSA) is 45.4 Å². The van der Waals surface area contributed by atoms with Crippen molar-refractivity contribution in [1.82, 2.24) is 5.32 Å². The Bertz CT molecular complexity index is 599. The third-order valence-corrected chi connectivity index (χ3v) is 4.52. The number of furan rings is 1. The van der Waals surface area contributed by atoms with Gasteiger partial charge in [0.2, 0.25) is 0 Å². The summed E-state index contributed by atoms with van der Waals surface area (Å²) in [5.74, 6) is 1.93. The first-order valence-corrected chi connectivity index (χ1v) is 7.60. The molecule has 1 saturated carbocycles. The highest BCUT2D eigenvalue weighted by molar-refractivity contribution is 5.23. The molecule has 3 rings (SSSR count). The van der Waals surface area contributed by atoms with Crippen molar-refractivity contribution in [3.05, 3.63) is 59.0 Å². The Balaban J connectivity index is 1.59. The first kappa shape index (κ1) is 14.4. The molecule has 1 fully saturated rings. The largest absolute Gasteiger partial charge is 0.466 e. The van der Waals surface area contributed by atoms with Crippen molar-refractivity contribution < 1.29 is 9.52 Å². The molecule has 3 heteroatoms. The maximum absolute atomic E-state index is 10.6. The Kier molecular flexibility index (Phi) is 3.87. The quantitative estimate of drug-likeness (QED) is 0.854. The molecule has 0 saturated heterocycles. The number of hydrogen-bond donors (Lipinski definition) is 2. The van der Waals surface area contributed by atoms with Crippen LogP contribution in [0.15, 0.2) is 40.8 Å². The van der Waals surface area contributed by atoms with Crippen LogP contribution in [-0.4, -0.2) is 11.7 Å². The lowest BCUT2D eigenvalue weighted by Crippen LogP contribution is -2.28. The van der Waals surface area contributed by atoms with E-state index in [0.717, 1.165) is 43.0 Å². The van der Waals surface area contributed by atoms with Crippen LogP contribution in [0.5, 0.6) is 0 Å². The molecule has 1 aromatic heterocycles. The molecule has 1 aliphatic rings. The normalized spacial score (nSPS) is 17.7. The second-order valence-corrected chi connectivity index (χ2v) is 6.22. The molecule has 0 aliphatic heterocycles. The number of nitrogens with one attached hydrogen (secondary N) is 1. The van der Waals surface area contributed by atoms with Gasteiger partial charge in [-0.05, 0) is 38.3 Å². The van der Waals surface area contributed by atoms with Gasteiger partial charge >= 0.3 is 0 Å². The van der Waals surface area contributed by atoms with Crippen LogP contribution in [-0.2, 0) is 6.54 Å². The van der Waals surface area contributed by atoms with E-state index in [1.54, 1.807) is 0 Å². The van der Waals surface area contributed by atoms with Crippen molar-refractivity contribution in [3.63, 3.8) is 0 Å². The lowest BCUT2D eigenvalue weighted by molar-refractivity contribution is 0.0917. The van der Waals surface area contributed by atoms with E-state index in [1.165, 1.54) is 5.56 Å². The molecule has 21 heavy (non-hydrogen) atoms.